The zero-order valence-corrected chi connectivity index (χ0v) is 28.0. The topological polar surface area (TPSA) is 52.6 Å². The second kappa shape index (κ2) is 10.5. The average molecular weight is 589 g/mol. The molecule has 236 valence electrons. The fourth-order valence-electron chi connectivity index (χ4n) is 12.8. The second-order valence-corrected chi connectivity index (χ2v) is 16.9. The molecule has 5 fully saturated rings. The molecule has 4 heteroatoms. The molecular formula is C39H56O4. The van der Waals surface area contributed by atoms with Crippen molar-refractivity contribution in [2.24, 2.45) is 56.7 Å². The van der Waals surface area contributed by atoms with Gasteiger partial charge in [-0.05, 0) is 123 Å². The van der Waals surface area contributed by atoms with Crippen molar-refractivity contribution in [1.29, 1.82) is 0 Å². The van der Waals surface area contributed by atoms with Crippen LogP contribution in [0.4, 0.5) is 0 Å². The van der Waals surface area contributed by atoms with Crippen LogP contribution >= 0.6 is 0 Å². The third kappa shape index (κ3) is 4.42. The molecule has 0 N–H and O–H groups in total. The van der Waals surface area contributed by atoms with Crippen LogP contribution in [0.3, 0.4) is 0 Å². The summed E-state index contributed by atoms with van der Waals surface area (Å²) in [6.45, 7) is 21.2. The van der Waals surface area contributed by atoms with E-state index in [1.54, 1.807) is 6.92 Å². The molecule has 43 heavy (non-hydrogen) atoms. The Labute approximate surface area is 260 Å². The zero-order chi connectivity index (χ0) is 31.0. The molecule has 0 spiro atoms. The molecule has 0 heterocycles. The molecule has 4 nitrogen and oxygen atoms in total. The molecule has 5 aliphatic rings. The van der Waals surface area contributed by atoms with Gasteiger partial charge in [-0.2, -0.15) is 0 Å². The summed E-state index contributed by atoms with van der Waals surface area (Å²) in [6.07, 6.45) is 11.0. The van der Waals surface area contributed by atoms with E-state index in [0.717, 1.165) is 44.1 Å². The number of carbonyl (C=O) groups excluding carboxylic acids is 2. The lowest BCUT2D eigenvalue weighted by Crippen LogP contribution is -2.67. The predicted molar refractivity (Wildman–Crippen MR) is 171 cm³/mol. The molecule has 5 saturated carbocycles. The number of allylic oxidation sites excluding steroid dienone is 1. The smallest absolute Gasteiger partial charge is 0.312 e. The van der Waals surface area contributed by atoms with Gasteiger partial charge in [-0.3, -0.25) is 9.59 Å². The van der Waals surface area contributed by atoms with Crippen molar-refractivity contribution < 1.29 is 19.1 Å². The van der Waals surface area contributed by atoms with Gasteiger partial charge in [-0.1, -0.05) is 77.1 Å². The van der Waals surface area contributed by atoms with E-state index in [1.165, 1.54) is 31.3 Å². The van der Waals surface area contributed by atoms with E-state index in [0.29, 0.717) is 36.2 Å². The van der Waals surface area contributed by atoms with Crippen LogP contribution in [0.15, 0.2) is 42.5 Å². The second-order valence-electron chi connectivity index (χ2n) is 16.9. The lowest BCUT2D eigenvalue weighted by atomic mass is 9.32. The number of benzene rings is 1. The zero-order valence-electron chi connectivity index (χ0n) is 28.0. The summed E-state index contributed by atoms with van der Waals surface area (Å²) < 4.78 is 12.1. The van der Waals surface area contributed by atoms with Crippen LogP contribution < -0.4 is 0 Å². The Hall–Kier alpha value is -2.10. The van der Waals surface area contributed by atoms with Gasteiger partial charge in [0.15, 0.2) is 0 Å². The first-order chi connectivity index (χ1) is 20.2. The van der Waals surface area contributed by atoms with Gasteiger partial charge in [0.25, 0.3) is 0 Å². The Balaban J connectivity index is 1.31. The van der Waals surface area contributed by atoms with Crippen molar-refractivity contribution in [3.8, 4) is 0 Å². The quantitative estimate of drug-likeness (QED) is 0.254. The van der Waals surface area contributed by atoms with Crippen molar-refractivity contribution in [3.05, 3.63) is 48.0 Å². The number of hydrogen-bond acceptors (Lipinski definition) is 4. The van der Waals surface area contributed by atoms with Crippen LogP contribution in [0.1, 0.15) is 118 Å². The number of ether oxygens (including phenoxy) is 2. The number of fused-ring (bicyclic) bond motifs is 7. The maximum atomic E-state index is 14.2. The highest BCUT2D eigenvalue weighted by atomic mass is 16.5. The summed E-state index contributed by atoms with van der Waals surface area (Å²) in [6, 6.07) is 10.1. The van der Waals surface area contributed by atoms with Crippen LogP contribution in [0, 0.1) is 56.7 Å². The molecule has 0 bridgehead atoms. The van der Waals surface area contributed by atoms with Crippen molar-refractivity contribution >= 4 is 11.9 Å². The Morgan fingerprint density at radius 3 is 2.21 bits per heavy atom. The normalized spacial score (nSPS) is 44.6. The Morgan fingerprint density at radius 1 is 0.814 bits per heavy atom. The van der Waals surface area contributed by atoms with Gasteiger partial charge >= 0.3 is 11.9 Å². The predicted octanol–water partition coefficient (Wildman–Crippen LogP) is 9.32. The van der Waals surface area contributed by atoms with E-state index >= 15 is 0 Å². The first kappa shape index (κ1) is 30.9. The first-order valence-electron chi connectivity index (χ1n) is 17.2. The third-order valence-corrected chi connectivity index (χ3v) is 14.9. The summed E-state index contributed by atoms with van der Waals surface area (Å²) in [7, 11) is 0. The highest BCUT2D eigenvalue weighted by molar-refractivity contribution is 5.78. The molecule has 1 aromatic rings. The Kier molecular flexibility index (Phi) is 7.53. The van der Waals surface area contributed by atoms with Crippen molar-refractivity contribution in [1.82, 2.24) is 0 Å². The summed E-state index contributed by atoms with van der Waals surface area (Å²) >= 11 is 0. The molecule has 2 unspecified atom stereocenters. The lowest BCUT2D eigenvalue weighted by Gasteiger charge is -2.72. The number of esters is 2. The monoisotopic (exact) mass is 588 g/mol. The first-order valence-corrected chi connectivity index (χ1v) is 17.2. The van der Waals surface area contributed by atoms with Gasteiger partial charge in [-0.15, -0.1) is 0 Å². The van der Waals surface area contributed by atoms with Gasteiger partial charge < -0.3 is 9.47 Å². The van der Waals surface area contributed by atoms with Crippen LogP contribution in [-0.2, 0) is 25.7 Å². The van der Waals surface area contributed by atoms with Crippen molar-refractivity contribution in [2.45, 2.75) is 125 Å². The minimum Gasteiger partial charge on any atom is -0.462 e. The van der Waals surface area contributed by atoms with Crippen molar-refractivity contribution in [2.75, 3.05) is 0 Å². The standard InChI is InChI=1S/C39H56O4/c1-25(2)28-16-21-39(34(41)42-24-27-12-10-9-11-13-27)23-22-37(7)29(33(28)39)14-15-31-36(6)19-18-32(43-26(3)40)35(4,5)30(36)17-20-38(31,37)8/h9-13,28-33H,1,14-24H2,2-8H3/t28-,29+,30-,31?,32-,33?,36-,37+,38+,39-/m0/s1. The minimum absolute atomic E-state index is 0.00589. The number of hydrogen-bond donors (Lipinski definition) is 0. The van der Waals surface area contributed by atoms with E-state index in [2.05, 4.69) is 48.1 Å². The van der Waals surface area contributed by atoms with Crippen LogP contribution in [-0.4, -0.2) is 18.0 Å². The molecule has 1 aromatic carbocycles. The number of rotatable bonds is 5. The molecule has 0 saturated heterocycles. The summed E-state index contributed by atoms with van der Waals surface area (Å²) in [4.78, 5) is 26.2. The van der Waals surface area contributed by atoms with Crippen LogP contribution in [0.25, 0.3) is 0 Å². The molecule has 5 aliphatic carbocycles. The van der Waals surface area contributed by atoms with Gasteiger partial charge in [-0.25, -0.2) is 0 Å². The van der Waals surface area contributed by atoms with E-state index < -0.39 is 5.41 Å². The number of carbonyl (C=O) groups is 2. The maximum Gasteiger partial charge on any atom is 0.312 e. The molecule has 10 atom stereocenters. The molecule has 6 rings (SSSR count). The van der Waals surface area contributed by atoms with E-state index in [-0.39, 0.29) is 39.7 Å². The Morgan fingerprint density at radius 2 is 1.53 bits per heavy atom. The Bertz CT molecular complexity index is 1270. The largest absolute Gasteiger partial charge is 0.462 e. The minimum atomic E-state index is -0.392. The summed E-state index contributed by atoms with van der Waals surface area (Å²) in [5, 5.41) is 0. The van der Waals surface area contributed by atoms with Gasteiger partial charge in [0.2, 0.25) is 0 Å². The van der Waals surface area contributed by atoms with E-state index in [1.807, 2.05) is 30.3 Å². The third-order valence-electron chi connectivity index (χ3n) is 14.9. The van der Waals surface area contributed by atoms with Crippen LogP contribution in [0.5, 0.6) is 0 Å². The molecule has 0 aromatic heterocycles. The van der Waals surface area contributed by atoms with Gasteiger partial charge in [0.05, 0.1) is 5.41 Å². The van der Waals surface area contributed by atoms with Gasteiger partial charge in [0, 0.05) is 12.3 Å². The molecule has 0 amide bonds. The summed E-state index contributed by atoms with van der Waals surface area (Å²) in [5.41, 5.74) is 2.51. The summed E-state index contributed by atoms with van der Waals surface area (Å²) in [5.74, 6) is 2.28. The fraction of sp³-hybridized carbons (Fsp3) is 0.744. The fourth-order valence-corrected chi connectivity index (χ4v) is 12.8. The van der Waals surface area contributed by atoms with Gasteiger partial charge in [0.1, 0.15) is 12.7 Å². The highest BCUT2D eigenvalue weighted by Crippen LogP contribution is 2.77. The SMILES string of the molecule is C=C(C)[C@@H]1CC[C@]2(C(=O)OCc3ccccc3)CC[C@]3(C)[C@H](CCC4[C@@]5(C)CC[C@H](OC(C)=O)C(C)(C)[C@@H]5CC[C@]43C)C12. The van der Waals surface area contributed by atoms with E-state index in [4.69, 9.17) is 9.47 Å². The molecule has 0 radical (unpaired) electrons. The maximum absolute atomic E-state index is 14.2. The average Bonchev–Trinajstić information content (AvgIpc) is 3.35. The highest BCUT2D eigenvalue weighted by Gasteiger charge is 2.72. The van der Waals surface area contributed by atoms with Crippen LogP contribution in [0.2, 0.25) is 0 Å². The molecule has 0 aliphatic heterocycles. The molecular weight excluding hydrogens is 532 g/mol. The van der Waals surface area contributed by atoms with E-state index in [9.17, 15) is 9.59 Å². The van der Waals surface area contributed by atoms with Crippen molar-refractivity contribution in [3.63, 3.8) is 0 Å². The lowest BCUT2D eigenvalue weighted by molar-refractivity contribution is -0.250.